The molecule has 0 aliphatic rings. The lowest BCUT2D eigenvalue weighted by Gasteiger charge is -2.32. The van der Waals surface area contributed by atoms with Crippen molar-refractivity contribution in [2.24, 2.45) is 5.41 Å². The zero-order valence-electron chi connectivity index (χ0n) is 18.1. The summed E-state index contributed by atoms with van der Waals surface area (Å²) in [5.74, 6) is -0.562. The third-order valence-electron chi connectivity index (χ3n) is 3.77. The van der Waals surface area contributed by atoms with Crippen molar-refractivity contribution in [3.05, 3.63) is 0 Å². The lowest BCUT2D eigenvalue weighted by atomic mass is 9.86. The van der Waals surface area contributed by atoms with Gasteiger partial charge in [-0.1, -0.05) is 20.8 Å². The molecule has 0 bridgehead atoms. The van der Waals surface area contributed by atoms with Gasteiger partial charge in [-0.15, -0.1) is 0 Å². The van der Waals surface area contributed by atoms with E-state index in [9.17, 15) is 19.0 Å². The molecule has 0 rings (SSSR count). The molecular weight excluding hydrogens is 408 g/mol. The summed E-state index contributed by atoms with van der Waals surface area (Å²) in [6, 6.07) is 0. The monoisotopic (exact) mass is 445 g/mol. The topological polar surface area (TPSA) is 120 Å². The molecule has 1 amide bonds. The van der Waals surface area contributed by atoms with Gasteiger partial charge < -0.3 is 28.5 Å². The van der Waals surface area contributed by atoms with Crippen LogP contribution in [0.1, 0.15) is 61.3 Å². The van der Waals surface area contributed by atoms with E-state index in [1.54, 1.807) is 27.7 Å². The molecule has 2 N–H and O–H groups in total. The number of nitrogens with one attached hydrogen (secondary N) is 1. The highest BCUT2D eigenvalue weighted by atomic mass is 31.2. The highest BCUT2D eigenvalue weighted by Gasteiger charge is 2.52. The average Bonchev–Trinajstić information content (AvgIpc) is 2.57. The summed E-state index contributed by atoms with van der Waals surface area (Å²) < 4.78 is 47.8. The molecule has 0 spiro atoms. The fourth-order valence-electron chi connectivity index (χ4n) is 2.33. The summed E-state index contributed by atoms with van der Waals surface area (Å²) in [5, 5.41) is 12.6. The van der Waals surface area contributed by atoms with E-state index in [2.05, 4.69) is 5.32 Å². The highest BCUT2D eigenvalue weighted by molar-refractivity contribution is 7.72. The van der Waals surface area contributed by atoms with E-state index in [1.807, 2.05) is 20.8 Å². The Labute approximate surface area is 168 Å². The Bertz CT molecular complexity index is 514. The second kappa shape index (κ2) is 12.4. The van der Waals surface area contributed by atoms with Crippen molar-refractivity contribution in [2.75, 3.05) is 26.4 Å². The molecular formula is C17H37NO8P2. The van der Waals surface area contributed by atoms with Crippen molar-refractivity contribution >= 4 is 21.1 Å². The van der Waals surface area contributed by atoms with E-state index in [0.717, 1.165) is 0 Å². The zero-order chi connectivity index (χ0) is 22.0. The predicted octanol–water partition coefficient (Wildman–Crippen LogP) is 4.11. The number of carbonyl (C=O) groups excluding carboxylic acids is 1. The molecule has 0 fully saturated rings. The Hall–Kier alpha value is -0.270. The normalized spacial score (nSPS) is 14.3. The van der Waals surface area contributed by atoms with E-state index in [0.29, 0.717) is 0 Å². The number of hydrogen-bond donors (Lipinski definition) is 2. The second-order valence-corrected chi connectivity index (χ2v) is 11.7. The molecule has 0 aromatic rings. The van der Waals surface area contributed by atoms with Gasteiger partial charge >= 0.3 is 15.2 Å². The molecule has 168 valence electrons. The van der Waals surface area contributed by atoms with Crippen LogP contribution in [0.15, 0.2) is 0 Å². The summed E-state index contributed by atoms with van der Waals surface area (Å²) >= 11 is 0. The zero-order valence-corrected chi connectivity index (χ0v) is 19.9. The first-order chi connectivity index (χ1) is 12.9. The fraction of sp³-hybridized carbons (Fsp3) is 0.941. The van der Waals surface area contributed by atoms with Crippen LogP contribution in [0, 0.1) is 5.41 Å². The number of aliphatic hydroxyl groups excluding tert-OH is 1. The minimum absolute atomic E-state index is 0.0185. The van der Waals surface area contributed by atoms with Crippen molar-refractivity contribution in [3.8, 4) is 0 Å². The second-order valence-electron chi connectivity index (χ2n) is 7.11. The number of carbonyl (C=O) groups is 1. The Kier molecular flexibility index (Phi) is 12.3. The van der Waals surface area contributed by atoms with E-state index in [1.165, 1.54) is 0 Å². The standard InChI is InChI=1S/C17H37NO8P2/c1-8-23-27(21,24-9-2)16(28(22,25-10-3)26-11-4)18-15(20)13-12-14(19)17(5,6)7/h14,16,19H,8-13H2,1-7H3,(H,18,20). The predicted molar refractivity (Wildman–Crippen MR) is 108 cm³/mol. The molecule has 0 aliphatic heterocycles. The molecule has 1 unspecified atom stereocenters. The van der Waals surface area contributed by atoms with Crippen LogP contribution in [0.2, 0.25) is 0 Å². The number of hydrogen-bond acceptors (Lipinski definition) is 8. The number of aliphatic hydroxyl groups is 1. The molecule has 28 heavy (non-hydrogen) atoms. The Balaban J connectivity index is 5.69. The van der Waals surface area contributed by atoms with Crippen LogP contribution < -0.4 is 5.32 Å². The fourth-order valence-corrected chi connectivity index (χ4v) is 7.27. The van der Waals surface area contributed by atoms with Crippen molar-refractivity contribution in [2.45, 2.75) is 72.9 Å². The molecule has 0 saturated carbocycles. The summed E-state index contributed by atoms with van der Waals surface area (Å²) in [7, 11) is -8.10. The molecule has 0 aromatic heterocycles. The van der Waals surface area contributed by atoms with Gasteiger partial charge in [-0.3, -0.25) is 13.9 Å². The van der Waals surface area contributed by atoms with E-state index < -0.39 is 38.1 Å². The summed E-state index contributed by atoms with van der Waals surface area (Å²) in [5.41, 5.74) is -1.99. The minimum Gasteiger partial charge on any atom is -0.393 e. The van der Waals surface area contributed by atoms with Gasteiger partial charge in [0.15, 0.2) is 0 Å². The van der Waals surface area contributed by atoms with Crippen LogP contribution in [0.4, 0.5) is 0 Å². The lowest BCUT2D eigenvalue weighted by molar-refractivity contribution is -0.122. The summed E-state index contributed by atoms with van der Waals surface area (Å²) in [6.07, 6.45) is -0.595. The van der Waals surface area contributed by atoms with Crippen molar-refractivity contribution in [3.63, 3.8) is 0 Å². The molecule has 0 aromatic carbocycles. The minimum atomic E-state index is -4.05. The van der Waals surface area contributed by atoms with E-state index in [4.69, 9.17) is 18.1 Å². The van der Waals surface area contributed by atoms with Crippen LogP contribution in [-0.2, 0) is 32.0 Å². The van der Waals surface area contributed by atoms with Crippen LogP contribution in [0.3, 0.4) is 0 Å². The molecule has 0 radical (unpaired) electrons. The maximum absolute atomic E-state index is 13.3. The van der Waals surface area contributed by atoms with Crippen LogP contribution in [0.25, 0.3) is 0 Å². The SMILES string of the molecule is CCOP(=O)(OCC)C(NC(=O)CCC(O)C(C)(C)C)P(=O)(OCC)OCC. The first-order valence-corrected chi connectivity index (χ1v) is 12.9. The largest absolute Gasteiger partial charge is 0.393 e. The molecule has 1 atom stereocenters. The first kappa shape index (κ1) is 27.7. The molecule has 0 aliphatic carbocycles. The number of rotatable bonds is 14. The molecule has 0 saturated heterocycles. The van der Waals surface area contributed by atoms with Gasteiger partial charge in [0.25, 0.3) is 0 Å². The van der Waals surface area contributed by atoms with Crippen LogP contribution >= 0.6 is 15.2 Å². The third-order valence-corrected chi connectivity index (χ3v) is 9.40. The first-order valence-electron chi connectivity index (χ1n) is 9.65. The van der Waals surface area contributed by atoms with E-state index >= 15 is 0 Å². The van der Waals surface area contributed by atoms with Gasteiger partial charge in [0.05, 0.1) is 32.5 Å². The number of amides is 1. The van der Waals surface area contributed by atoms with Gasteiger partial charge in [-0.25, -0.2) is 0 Å². The Morgan fingerprint density at radius 2 is 1.25 bits per heavy atom. The van der Waals surface area contributed by atoms with Crippen molar-refractivity contribution in [1.82, 2.24) is 5.32 Å². The molecule has 11 heteroatoms. The van der Waals surface area contributed by atoms with Crippen LogP contribution in [-0.4, -0.2) is 49.1 Å². The van der Waals surface area contributed by atoms with E-state index in [-0.39, 0.29) is 39.3 Å². The Morgan fingerprint density at radius 3 is 1.54 bits per heavy atom. The van der Waals surface area contributed by atoms with Crippen molar-refractivity contribution < 1.29 is 37.1 Å². The third kappa shape index (κ3) is 8.62. The average molecular weight is 445 g/mol. The van der Waals surface area contributed by atoms with Gasteiger partial charge in [0.2, 0.25) is 11.4 Å². The Morgan fingerprint density at radius 1 is 0.893 bits per heavy atom. The maximum Gasteiger partial charge on any atom is 0.365 e. The summed E-state index contributed by atoms with van der Waals surface area (Å²) in [6.45, 7) is 12.1. The molecule has 0 heterocycles. The highest BCUT2D eigenvalue weighted by Crippen LogP contribution is 2.69. The van der Waals surface area contributed by atoms with Gasteiger partial charge in [-0.2, -0.15) is 0 Å². The lowest BCUT2D eigenvalue weighted by Crippen LogP contribution is -2.38. The quantitative estimate of drug-likeness (QED) is 0.383. The van der Waals surface area contributed by atoms with Gasteiger partial charge in [0.1, 0.15) is 0 Å². The maximum atomic E-state index is 13.3. The van der Waals surface area contributed by atoms with Crippen LogP contribution in [0.5, 0.6) is 0 Å². The summed E-state index contributed by atoms with van der Waals surface area (Å²) in [4.78, 5) is 12.5. The van der Waals surface area contributed by atoms with Gasteiger partial charge in [0, 0.05) is 6.42 Å². The van der Waals surface area contributed by atoms with Gasteiger partial charge in [-0.05, 0) is 39.5 Å². The smallest absolute Gasteiger partial charge is 0.365 e. The molecule has 9 nitrogen and oxygen atoms in total. The van der Waals surface area contributed by atoms with Crippen molar-refractivity contribution in [1.29, 1.82) is 0 Å².